The molecule has 168 valence electrons. The highest BCUT2D eigenvalue weighted by atomic mass is 127. The molecule has 5 nitrogen and oxygen atoms in total. The molecule has 0 atom stereocenters. The Hall–Kier alpha value is -3.20. The number of nitrogens with one attached hydrogen (secondary N) is 3. The third kappa shape index (κ3) is 6.19. The highest BCUT2D eigenvalue weighted by molar-refractivity contribution is 14.1. The Kier molecular flexibility index (Phi) is 7.72. The van der Waals surface area contributed by atoms with Gasteiger partial charge in [0.15, 0.2) is 0 Å². The lowest BCUT2D eigenvalue weighted by Gasteiger charge is -2.13. The van der Waals surface area contributed by atoms with Crippen molar-refractivity contribution in [3.05, 3.63) is 99.5 Å². The lowest BCUT2D eigenvalue weighted by atomic mass is 10.1. The van der Waals surface area contributed by atoms with E-state index >= 15 is 0 Å². The maximum atomic E-state index is 13.8. The number of carbonyl (C=O) groups excluding carboxylic acids is 1. The number of benzene rings is 3. The molecule has 4 aromatic rings. The van der Waals surface area contributed by atoms with E-state index in [1.54, 1.807) is 6.20 Å². The van der Waals surface area contributed by atoms with E-state index in [2.05, 4.69) is 55.7 Å². The first-order valence-corrected chi connectivity index (χ1v) is 11.8. The SMILES string of the molecule is O=C(NCCCNc1ccnc2cc(I)ccc12)c1ccc(F)cc1NCc1ccccc1. The van der Waals surface area contributed by atoms with Crippen LogP contribution in [0.3, 0.4) is 0 Å². The number of pyridine rings is 1. The van der Waals surface area contributed by atoms with Crippen molar-refractivity contribution in [1.29, 1.82) is 0 Å². The van der Waals surface area contributed by atoms with Gasteiger partial charge in [0.2, 0.25) is 0 Å². The zero-order valence-electron chi connectivity index (χ0n) is 17.9. The van der Waals surface area contributed by atoms with Crippen LogP contribution in [0.1, 0.15) is 22.3 Å². The minimum absolute atomic E-state index is 0.227. The van der Waals surface area contributed by atoms with Crippen LogP contribution in [0, 0.1) is 9.39 Å². The van der Waals surface area contributed by atoms with Crippen molar-refractivity contribution in [3.63, 3.8) is 0 Å². The molecular weight excluding hydrogens is 530 g/mol. The smallest absolute Gasteiger partial charge is 0.253 e. The molecule has 0 saturated carbocycles. The fraction of sp³-hybridized carbons (Fsp3) is 0.154. The zero-order chi connectivity index (χ0) is 23.0. The molecule has 0 aliphatic heterocycles. The Morgan fingerprint density at radius 2 is 1.76 bits per heavy atom. The molecule has 3 aromatic carbocycles. The molecule has 33 heavy (non-hydrogen) atoms. The van der Waals surface area contributed by atoms with Gasteiger partial charge in [0.25, 0.3) is 5.91 Å². The Morgan fingerprint density at radius 3 is 2.61 bits per heavy atom. The molecule has 1 amide bonds. The van der Waals surface area contributed by atoms with Gasteiger partial charge in [0, 0.05) is 40.5 Å². The molecule has 0 spiro atoms. The van der Waals surface area contributed by atoms with E-state index in [9.17, 15) is 9.18 Å². The molecule has 0 fully saturated rings. The van der Waals surface area contributed by atoms with Gasteiger partial charge in [0.1, 0.15) is 5.82 Å². The summed E-state index contributed by atoms with van der Waals surface area (Å²) < 4.78 is 14.9. The number of amides is 1. The highest BCUT2D eigenvalue weighted by Gasteiger charge is 2.12. The molecule has 1 aromatic heterocycles. The molecule has 0 unspecified atom stereocenters. The van der Waals surface area contributed by atoms with E-state index in [0.29, 0.717) is 30.9 Å². The van der Waals surface area contributed by atoms with Gasteiger partial charge in [-0.05, 0) is 77.0 Å². The minimum atomic E-state index is -0.384. The molecule has 1 heterocycles. The molecule has 3 N–H and O–H groups in total. The average Bonchev–Trinajstić information content (AvgIpc) is 2.83. The summed E-state index contributed by atoms with van der Waals surface area (Å²) in [6.45, 7) is 1.71. The first-order valence-electron chi connectivity index (χ1n) is 10.7. The number of fused-ring (bicyclic) bond motifs is 1. The lowest BCUT2D eigenvalue weighted by molar-refractivity contribution is 0.0954. The number of halogens is 2. The fourth-order valence-electron chi connectivity index (χ4n) is 3.54. The van der Waals surface area contributed by atoms with Crippen molar-refractivity contribution in [2.75, 3.05) is 23.7 Å². The first-order chi connectivity index (χ1) is 16.1. The maximum absolute atomic E-state index is 13.8. The molecular formula is C26H24FIN4O. The summed E-state index contributed by atoms with van der Waals surface area (Å²) in [6, 6.07) is 22.1. The van der Waals surface area contributed by atoms with Crippen molar-refractivity contribution < 1.29 is 9.18 Å². The summed E-state index contributed by atoms with van der Waals surface area (Å²) in [5.74, 6) is -0.611. The Morgan fingerprint density at radius 1 is 0.909 bits per heavy atom. The van der Waals surface area contributed by atoms with Gasteiger partial charge in [-0.3, -0.25) is 9.78 Å². The van der Waals surface area contributed by atoms with Crippen molar-refractivity contribution in [3.8, 4) is 0 Å². The van der Waals surface area contributed by atoms with Crippen molar-refractivity contribution in [2.45, 2.75) is 13.0 Å². The molecule has 0 bridgehead atoms. The molecule has 0 saturated heterocycles. The second-order valence-corrected chi connectivity index (χ2v) is 8.83. The minimum Gasteiger partial charge on any atom is -0.384 e. The van der Waals surface area contributed by atoms with E-state index in [0.717, 1.165) is 32.1 Å². The predicted octanol–water partition coefficient (Wildman–Crippen LogP) is 5.82. The van der Waals surface area contributed by atoms with E-state index in [4.69, 9.17) is 0 Å². The Bertz CT molecular complexity index is 1250. The zero-order valence-corrected chi connectivity index (χ0v) is 20.1. The van der Waals surface area contributed by atoms with Crippen molar-refractivity contribution in [2.24, 2.45) is 0 Å². The van der Waals surface area contributed by atoms with Crippen LogP contribution in [0.15, 0.2) is 79.0 Å². The van der Waals surface area contributed by atoms with Gasteiger partial charge in [-0.1, -0.05) is 30.3 Å². The summed E-state index contributed by atoms with van der Waals surface area (Å²) in [5, 5.41) is 10.6. The molecule has 0 aliphatic rings. The Labute approximate surface area is 206 Å². The lowest BCUT2D eigenvalue weighted by Crippen LogP contribution is -2.26. The predicted molar refractivity (Wildman–Crippen MR) is 140 cm³/mol. The van der Waals surface area contributed by atoms with Crippen LogP contribution in [0.25, 0.3) is 10.9 Å². The molecule has 0 aliphatic carbocycles. The van der Waals surface area contributed by atoms with Crippen LogP contribution >= 0.6 is 22.6 Å². The van der Waals surface area contributed by atoms with Crippen LogP contribution < -0.4 is 16.0 Å². The van der Waals surface area contributed by atoms with Gasteiger partial charge in [0.05, 0.1) is 16.8 Å². The molecule has 0 radical (unpaired) electrons. The van der Waals surface area contributed by atoms with Gasteiger partial charge < -0.3 is 16.0 Å². The van der Waals surface area contributed by atoms with Crippen molar-refractivity contribution >= 4 is 50.8 Å². The fourth-order valence-corrected chi connectivity index (χ4v) is 4.01. The van der Waals surface area contributed by atoms with E-state index in [-0.39, 0.29) is 11.7 Å². The number of anilines is 2. The summed E-state index contributed by atoms with van der Waals surface area (Å²) in [6.07, 6.45) is 2.54. The summed E-state index contributed by atoms with van der Waals surface area (Å²) in [4.78, 5) is 17.1. The van der Waals surface area contributed by atoms with Gasteiger partial charge in [-0.2, -0.15) is 0 Å². The van der Waals surface area contributed by atoms with Gasteiger partial charge >= 0.3 is 0 Å². The number of nitrogens with zero attached hydrogens (tertiary/aromatic N) is 1. The number of carbonyl (C=O) groups is 1. The number of hydrogen-bond donors (Lipinski definition) is 3. The third-order valence-electron chi connectivity index (χ3n) is 5.21. The number of rotatable bonds is 9. The molecule has 7 heteroatoms. The quantitative estimate of drug-likeness (QED) is 0.180. The van der Waals surface area contributed by atoms with E-state index < -0.39 is 0 Å². The van der Waals surface area contributed by atoms with Crippen LogP contribution in [0.5, 0.6) is 0 Å². The third-order valence-corrected chi connectivity index (χ3v) is 5.88. The average molecular weight is 554 g/mol. The largest absolute Gasteiger partial charge is 0.384 e. The van der Waals surface area contributed by atoms with Crippen LogP contribution in [-0.4, -0.2) is 24.0 Å². The number of aromatic nitrogens is 1. The topological polar surface area (TPSA) is 66.0 Å². The van der Waals surface area contributed by atoms with Gasteiger partial charge in [-0.15, -0.1) is 0 Å². The van der Waals surface area contributed by atoms with Crippen LogP contribution in [0.2, 0.25) is 0 Å². The maximum Gasteiger partial charge on any atom is 0.253 e. The summed E-state index contributed by atoms with van der Waals surface area (Å²) in [5.41, 5.74) is 3.93. The summed E-state index contributed by atoms with van der Waals surface area (Å²) in [7, 11) is 0. The standard InChI is InChI=1S/C26H24FIN4O/c27-19-7-9-22(24(15-19)32-17-18-5-2-1-3-6-18)26(33)31-13-4-12-29-23-11-14-30-25-16-20(28)8-10-21(23)25/h1-3,5-11,14-16,32H,4,12-13,17H2,(H,29,30)(H,31,33). The second-order valence-electron chi connectivity index (χ2n) is 7.59. The van der Waals surface area contributed by atoms with Gasteiger partial charge in [-0.25, -0.2) is 4.39 Å². The highest BCUT2D eigenvalue weighted by Crippen LogP contribution is 2.23. The normalized spacial score (nSPS) is 10.7. The first kappa shape index (κ1) is 23.0. The Balaban J connectivity index is 1.30. The summed E-state index contributed by atoms with van der Waals surface area (Å²) >= 11 is 2.28. The van der Waals surface area contributed by atoms with E-state index in [1.165, 1.54) is 18.2 Å². The van der Waals surface area contributed by atoms with Crippen molar-refractivity contribution in [1.82, 2.24) is 10.3 Å². The second kappa shape index (κ2) is 11.1. The number of hydrogen-bond acceptors (Lipinski definition) is 4. The van der Waals surface area contributed by atoms with Crippen LogP contribution in [-0.2, 0) is 6.54 Å². The van der Waals surface area contributed by atoms with E-state index in [1.807, 2.05) is 42.5 Å². The monoisotopic (exact) mass is 554 g/mol. The van der Waals surface area contributed by atoms with Crippen LogP contribution in [0.4, 0.5) is 15.8 Å². The molecule has 4 rings (SSSR count).